The monoisotopic (exact) mass is 267 g/mol. The van der Waals surface area contributed by atoms with Crippen LogP contribution in [-0.2, 0) is 11.3 Å². The Balaban J connectivity index is 1.92. The molecule has 3 heterocycles. The van der Waals surface area contributed by atoms with Gasteiger partial charge in [0.15, 0.2) is 10.6 Å². The largest absolute Gasteiger partial charge is 0.381 e. The van der Waals surface area contributed by atoms with Crippen molar-refractivity contribution in [3.63, 3.8) is 0 Å². The summed E-state index contributed by atoms with van der Waals surface area (Å²) in [7, 11) is 0. The maximum atomic E-state index is 5.40. The Morgan fingerprint density at radius 1 is 1.65 bits per heavy atom. The third-order valence-corrected chi connectivity index (χ3v) is 4.14. The second-order valence-corrected chi connectivity index (χ2v) is 5.50. The van der Waals surface area contributed by atoms with Crippen LogP contribution in [-0.4, -0.2) is 28.0 Å². The van der Waals surface area contributed by atoms with Crippen molar-refractivity contribution in [3.8, 4) is 10.7 Å². The Kier molecular flexibility index (Phi) is 3.09. The topological polar surface area (TPSA) is 42.8 Å². The molecular formula is C11H13N3OS2. The number of aromatic nitrogens is 3. The van der Waals surface area contributed by atoms with Gasteiger partial charge in [-0.3, -0.25) is 9.67 Å². The average molecular weight is 267 g/mol. The van der Waals surface area contributed by atoms with Gasteiger partial charge in [-0.1, -0.05) is 6.07 Å². The molecule has 90 valence electrons. The minimum absolute atomic E-state index is 0.554. The SMILES string of the molecule is S=c1[nH]nc(-c2cccs2)n1CC1CCOC1. The summed E-state index contributed by atoms with van der Waals surface area (Å²) in [6, 6.07) is 4.10. The van der Waals surface area contributed by atoms with E-state index in [2.05, 4.69) is 26.2 Å². The molecule has 0 amide bonds. The molecule has 0 aromatic carbocycles. The van der Waals surface area contributed by atoms with E-state index in [4.69, 9.17) is 17.0 Å². The highest BCUT2D eigenvalue weighted by Crippen LogP contribution is 2.24. The maximum absolute atomic E-state index is 5.40. The fourth-order valence-corrected chi connectivity index (χ4v) is 3.00. The van der Waals surface area contributed by atoms with Gasteiger partial charge in [-0.25, -0.2) is 0 Å². The molecule has 1 aliphatic heterocycles. The summed E-state index contributed by atoms with van der Waals surface area (Å²) < 4.78 is 8.18. The van der Waals surface area contributed by atoms with E-state index in [1.165, 1.54) is 0 Å². The summed E-state index contributed by atoms with van der Waals surface area (Å²) in [6.07, 6.45) is 1.11. The summed E-state index contributed by atoms with van der Waals surface area (Å²) in [5, 5.41) is 9.25. The van der Waals surface area contributed by atoms with Crippen LogP contribution in [0.15, 0.2) is 17.5 Å². The van der Waals surface area contributed by atoms with Crippen LogP contribution >= 0.6 is 23.6 Å². The zero-order valence-electron chi connectivity index (χ0n) is 9.26. The van der Waals surface area contributed by atoms with E-state index < -0.39 is 0 Å². The van der Waals surface area contributed by atoms with E-state index in [-0.39, 0.29) is 0 Å². The molecule has 2 aromatic heterocycles. The fourth-order valence-electron chi connectivity index (χ4n) is 2.07. The second kappa shape index (κ2) is 4.72. The van der Waals surface area contributed by atoms with Gasteiger partial charge in [-0.15, -0.1) is 11.3 Å². The van der Waals surface area contributed by atoms with Gasteiger partial charge < -0.3 is 4.74 Å². The number of nitrogens with zero attached hydrogens (tertiary/aromatic N) is 2. The van der Waals surface area contributed by atoms with Crippen LogP contribution in [0, 0.1) is 10.7 Å². The average Bonchev–Trinajstić information content (AvgIpc) is 3.03. The Morgan fingerprint density at radius 2 is 2.59 bits per heavy atom. The smallest absolute Gasteiger partial charge is 0.195 e. The molecule has 1 saturated heterocycles. The molecular weight excluding hydrogens is 254 g/mol. The number of thiophene rings is 1. The van der Waals surface area contributed by atoms with E-state index in [0.717, 1.165) is 36.9 Å². The van der Waals surface area contributed by atoms with Crippen molar-refractivity contribution in [2.75, 3.05) is 13.2 Å². The Hall–Kier alpha value is -0.980. The molecule has 0 aliphatic carbocycles. The third kappa shape index (κ3) is 2.20. The Morgan fingerprint density at radius 3 is 3.29 bits per heavy atom. The number of ether oxygens (including phenoxy) is 1. The van der Waals surface area contributed by atoms with E-state index in [0.29, 0.717) is 10.7 Å². The van der Waals surface area contributed by atoms with E-state index in [1.807, 2.05) is 6.07 Å². The van der Waals surface area contributed by atoms with Crippen molar-refractivity contribution < 1.29 is 4.74 Å². The summed E-state index contributed by atoms with van der Waals surface area (Å²) >= 11 is 6.97. The molecule has 1 atom stereocenters. The van der Waals surface area contributed by atoms with Crippen LogP contribution in [0.2, 0.25) is 0 Å². The highest BCUT2D eigenvalue weighted by Gasteiger charge is 2.19. The number of hydrogen-bond acceptors (Lipinski definition) is 4. The fraction of sp³-hybridized carbons (Fsp3) is 0.455. The van der Waals surface area contributed by atoms with E-state index in [1.54, 1.807) is 11.3 Å². The van der Waals surface area contributed by atoms with Crippen molar-refractivity contribution in [1.82, 2.24) is 14.8 Å². The summed E-state index contributed by atoms with van der Waals surface area (Å²) in [5.74, 6) is 1.50. The summed E-state index contributed by atoms with van der Waals surface area (Å²) in [6.45, 7) is 2.59. The minimum atomic E-state index is 0.554. The standard InChI is InChI=1S/C11H13N3OS2/c16-11-13-12-10(9-2-1-5-17-9)14(11)6-8-3-4-15-7-8/h1-2,5,8H,3-4,6-7H2,(H,13,16). The van der Waals surface area contributed by atoms with Crippen molar-refractivity contribution in [1.29, 1.82) is 0 Å². The summed E-state index contributed by atoms with van der Waals surface area (Å²) in [5.41, 5.74) is 0. The van der Waals surface area contributed by atoms with E-state index >= 15 is 0 Å². The Bertz CT molecular complexity index is 537. The van der Waals surface area contributed by atoms with Crippen LogP contribution in [0.25, 0.3) is 10.7 Å². The zero-order chi connectivity index (χ0) is 11.7. The molecule has 4 nitrogen and oxygen atoms in total. The predicted octanol–water partition coefficient (Wildman–Crippen LogP) is 2.71. The van der Waals surface area contributed by atoms with Crippen LogP contribution in [0.4, 0.5) is 0 Å². The summed E-state index contributed by atoms with van der Waals surface area (Å²) in [4.78, 5) is 1.15. The van der Waals surface area contributed by atoms with E-state index in [9.17, 15) is 0 Å². The zero-order valence-corrected chi connectivity index (χ0v) is 10.9. The highest BCUT2D eigenvalue weighted by molar-refractivity contribution is 7.71. The number of rotatable bonds is 3. The van der Waals surface area contributed by atoms with Crippen LogP contribution in [0.5, 0.6) is 0 Å². The molecule has 3 rings (SSSR count). The first kappa shape index (κ1) is 11.1. The molecule has 6 heteroatoms. The first-order valence-corrected chi connectivity index (χ1v) is 6.90. The molecule has 0 spiro atoms. The minimum Gasteiger partial charge on any atom is -0.381 e. The van der Waals surface area contributed by atoms with Gasteiger partial charge in [-0.05, 0) is 30.1 Å². The van der Waals surface area contributed by atoms with Gasteiger partial charge in [0.2, 0.25) is 0 Å². The van der Waals surface area contributed by atoms with Crippen molar-refractivity contribution in [3.05, 3.63) is 22.3 Å². The van der Waals surface area contributed by atoms with Gasteiger partial charge in [0, 0.05) is 19.1 Å². The predicted molar refractivity (Wildman–Crippen MR) is 69.7 cm³/mol. The molecule has 1 aliphatic rings. The normalized spacial score (nSPS) is 19.9. The first-order valence-electron chi connectivity index (χ1n) is 5.61. The Labute approximate surface area is 108 Å². The van der Waals surface area contributed by atoms with Crippen molar-refractivity contribution in [2.24, 2.45) is 5.92 Å². The number of aromatic amines is 1. The van der Waals surface area contributed by atoms with Gasteiger partial charge in [-0.2, -0.15) is 5.10 Å². The quantitative estimate of drug-likeness (QED) is 0.870. The molecule has 0 saturated carbocycles. The lowest BCUT2D eigenvalue weighted by Crippen LogP contribution is -2.11. The van der Waals surface area contributed by atoms with Crippen LogP contribution in [0.3, 0.4) is 0 Å². The second-order valence-electron chi connectivity index (χ2n) is 4.17. The van der Waals surface area contributed by atoms with Gasteiger partial charge in [0.1, 0.15) is 0 Å². The van der Waals surface area contributed by atoms with Crippen LogP contribution in [0.1, 0.15) is 6.42 Å². The number of hydrogen-bond donors (Lipinski definition) is 1. The molecule has 1 N–H and O–H groups in total. The van der Waals surface area contributed by atoms with Gasteiger partial charge >= 0.3 is 0 Å². The molecule has 17 heavy (non-hydrogen) atoms. The molecule has 0 radical (unpaired) electrons. The highest BCUT2D eigenvalue weighted by atomic mass is 32.1. The maximum Gasteiger partial charge on any atom is 0.195 e. The molecule has 0 bridgehead atoms. The van der Waals surface area contributed by atoms with Crippen molar-refractivity contribution >= 4 is 23.6 Å². The lowest BCUT2D eigenvalue weighted by atomic mass is 10.1. The lowest BCUT2D eigenvalue weighted by molar-refractivity contribution is 0.182. The van der Waals surface area contributed by atoms with Gasteiger partial charge in [0.05, 0.1) is 11.5 Å². The number of H-pyrrole nitrogens is 1. The van der Waals surface area contributed by atoms with Crippen molar-refractivity contribution in [2.45, 2.75) is 13.0 Å². The number of nitrogens with one attached hydrogen (secondary N) is 1. The molecule has 1 fully saturated rings. The first-order chi connectivity index (χ1) is 8.34. The third-order valence-electron chi connectivity index (χ3n) is 2.96. The molecule has 1 unspecified atom stereocenters. The van der Waals surface area contributed by atoms with Crippen LogP contribution < -0.4 is 0 Å². The lowest BCUT2D eigenvalue weighted by Gasteiger charge is -2.10. The van der Waals surface area contributed by atoms with Gasteiger partial charge in [0.25, 0.3) is 0 Å². The molecule has 2 aromatic rings.